The van der Waals surface area contributed by atoms with E-state index in [1.54, 1.807) is 0 Å². The summed E-state index contributed by atoms with van der Waals surface area (Å²) in [5.74, 6) is -1.82. The standard InChI is InChI=1S/C38H44N2O4/c1-35(2,3)33(37(43,27-19-11-7-12-20-27)28-21-13-8-14-22-28)39-31(41)32(42)40-34(36(4,5)6)38(44,29-23-15-9-16-24-29)30-25-17-10-18-26-30/h7-26,33-34,43-44H,1-6H3,(H,39,41)(H,40,42). The number of hydrogen-bond acceptors (Lipinski definition) is 4. The molecule has 6 heteroatoms. The van der Waals surface area contributed by atoms with Crippen molar-refractivity contribution in [1.82, 2.24) is 10.6 Å². The van der Waals surface area contributed by atoms with Gasteiger partial charge in [-0.15, -0.1) is 0 Å². The quantitative estimate of drug-likeness (QED) is 0.191. The molecule has 4 aromatic carbocycles. The number of hydrogen-bond donors (Lipinski definition) is 4. The summed E-state index contributed by atoms with van der Waals surface area (Å²) in [6.45, 7) is 11.5. The molecule has 0 aliphatic heterocycles. The maximum Gasteiger partial charge on any atom is 0.309 e. The summed E-state index contributed by atoms with van der Waals surface area (Å²) >= 11 is 0. The fourth-order valence-electron chi connectivity index (χ4n) is 6.06. The highest BCUT2D eigenvalue weighted by Gasteiger charge is 2.50. The average molecular weight is 593 g/mol. The highest BCUT2D eigenvalue weighted by molar-refractivity contribution is 6.35. The van der Waals surface area contributed by atoms with Crippen LogP contribution in [-0.2, 0) is 20.8 Å². The lowest BCUT2D eigenvalue weighted by Gasteiger charge is -2.45. The SMILES string of the molecule is CC(C)(C)C(NC(=O)C(=O)NC(C(C)(C)C)C(O)(c1ccccc1)c1ccccc1)C(O)(c1ccccc1)c1ccccc1. The van der Waals surface area contributed by atoms with Gasteiger partial charge < -0.3 is 20.8 Å². The molecule has 230 valence electrons. The normalized spacial score (nSPS) is 13.9. The van der Waals surface area contributed by atoms with Gasteiger partial charge >= 0.3 is 11.8 Å². The minimum absolute atomic E-state index is 0.585. The van der Waals surface area contributed by atoms with Crippen LogP contribution in [0.15, 0.2) is 121 Å². The van der Waals surface area contributed by atoms with Crippen molar-refractivity contribution in [2.24, 2.45) is 10.8 Å². The molecule has 4 aromatic rings. The molecule has 0 bridgehead atoms. The number of rotatable bonds is 8. The lowest BCUT2D eigenvalue weighted by Crippen LogP contribution is -2.63. The van der Waals surface area contributed by atoms with E-state index in [4.69, 9.17) is 0 Å². The number of aliphatic hydroxyl groups is 2. The smallest absolute Gasteiger partial charge is 0.309 e. The summed E-state index contributed by atoms with van der Waals surface area (Å²) in [6.07, 6.45) is 0. The molecule has 6 nitrogen and oxygen atoms in total. The van der Waals surface area contributed by atoms with E-state index in [0.717, 1.165) is 0 Å². The van der Waals surface area contributed by atoms with Crippen molar-refractivity contribution in [2.45, 2.75) is 64.8 Å². The van der Waals surface area contributed by atoms with Gasteiger partial charge in [0.15, 0.2) is 0 Å². The second-order valence-corrected chi connectivity index (χ2v) is 13.5. The summed E-state index contributed by atoms with van der Waals surface area (Å²) in [5.41, 5.74) is -2.35. The van der Waals surface area contributed by atoms with Crippen LogP contribution in [0.25, 0.3) is 0 Å². The molecular weight excluding hydrogens is 548 g/mol. The van der Waals surface area contributed by atoms with Crippen molar-refractivity contribution >= 4 is 11.8 Å². The number of amides is 2. The van der Waals surface area contributed by atoms with Crippen molar-refractivity contribution in [3.63, 3.8) is 0 Å². The number of carbonyl (C=O) groups excluding carboxylic acids is 2. The first kappa shape index (κ1) is 32.6. The first-order chi connectivity index (χ1) is 20.7. The summed E-state index contributed by atoms with van der Waals surface area (Å²) in [6, 6.07) is 34.8. The van der Waals surface area contributed by atoms with Crippen molar-refractivity contribution in [3.05, 3.63) is 144 Å². The van der Waals surface area contributed by atoms with Crippen LogP contribution < -0.4 is 10.6 Å². The van der Waals surface area contributed by atoms with E-state index in [-0.39, 0.29) is 0 Å². The fraction of sp³-hybridized carbons (Fsp3) is 0.316. The largest absolute Gasteiger partial charge is 0.378 e. The zero-order chi connectivity index (χ0) is 32.2. The van der Waals surface area contributed by atoms with E-state index in [9.17, 15) is 19.8 Å². The Morgan fingerprint density at radius 3 is 0.841 bits per heavy atom. The third-order valence-electron chi connectivity index (χ3n) is 8.18. The monoisotopic (exact) mass is 592 g/mol. The molecule has 4 N–H and O–H groups in total. The van der Waals surface area contributed by atoms with E-state index < -0.39 is 45.9 Å². The van der Waals surface area contributed by atoms with Gasteiger partial charge in [-0.3, -0.25) is 9.59 Å². The Balaban J connectivity index is 1.75. The van der Waals surface area contributed by atoms with Gasteiger partial charge in [0.2, 0.25) is 0 Å². The first-order valence-corrected chi connectivity index (χ1v) is 15.0. The molecule has 44 heavy (non-hydrogen) atoms. The Morgan fingerprint density at radius 2 is 0.659 bits per heavy atom. The van der Waals surface area contributed by atoms with Crippen LogP contribution >= 0.6 is 0 Å². The molecule has 0 saturated carbocycles. The van der Waals surface area contributed by atoms with Crippen molar-refractivity contribution in [2.75, 3.05) is 0 Å². The predicted molar refractivity (Wildman–Crippen MR) is 175 cm³/mol. The molecule has 0 aliphatic rings. The molecule has 0 saturated heterocycles. The summed E-state index contributed by atoms with van der Waals surface area (Å²) in [4.78, 5) is 27.7. The second kappa shape index (κ2) is 12.8. The third-order valence-corrected chi connectivity index (χ3v) is 8.18. The lowest BCUT2D eigenvalue weighted by atomic mass is 9.69. The van der Waals surface area contributed by atoms with Crippen LogP contribution in [0.3, 0.4) is 0 Å². The van der Waals surface area contributed by atoms with Gasteiger partial charge in [0.1, 0.15) is 11.2 Å². The van der Waals surface area contributed by atoms with Gasteiger partial charge in [-0.05, 0) is 33.1 Å². The Hall–Kier alpha value is -4.26. The lowest BCUT2D eigenvalue weighted by molar-refractivity contribution is -0.144. The maximum absolute atomic E-state index is 13.9. The molecule has 4 rings (SSSR count). The van der Waals surface area contributed by atoms with Gasteiger partial charge in [-0.25, -0.2) is 0 Å². The molecule has 2 atom stereocenters. The molecule has 2 amide bonds. The van der Waals surface area contributed by atoms with Crippen molar-refractivity contribution in [3.8, 4) is 0 Å². The van der Waals surface area contributed by atoms with Gasteiger partial charge in [0.05, 0.1) is 12.1 Å². The Kier molecular flexibility index (Phi) is 9.47. The van der Waals surface area contributed by atoms with E-state index >= 15 is 0 Å². The van der Waals surface area contributed by atoms with Gasteiger partial charge in [0, 0.05) is 0 Å². The molecule has 0 radical (unpaired) electrons. The molecular formula is C38H44N2O4. The summed E-state index contributed by atoms with van der Waals surface area (Å²) < 4.78 is 0. The van der Waals surface area contributed by atoms with Gasteiger partial charge in [-0.2, -0.15) is 0 Å². The highest BCUT2D eigenvalue weighted by Crippen LogP contribution is 2.42. The van der Waals surface area contributed by atoms with Crippen LogP contribution in [0.5, 0.6) is 0 Å². The zero-order valence-corrected chi connectivity index (χ0v) is 26.4. The van der Waals surface area contributed by atoms with Crippen LogP contribution in [0.4, 0.5) is 0 Å². The second-order valence-electron chi connectivity index (χ2n) is 13.5. The molecule has 0 aromatic heterocycles. The van der Waals surface area contributed by atoms with E-state index in [1.165, 1.54) is 0 Å². The Morgan fingerprint density at radius 1 is 0.455 bits per heavy atom. The molecule has 2 unspecified atom stereocenters. The summed E-state index contributed by atoms with van der Waals surface area (Å²) in [7, 11) is 0. The molecule has 0 fully saturated rings. The first-order valence-electron chi connectivity index (χ1n) is 15.0. The summed E-state index contributed by atoms with van der Waals surface area (Å²) in [5, 5.41) is 30.9. The van der Waals surface area contributed by atoms with Crippen LogP contribution in [0.1, 0.15) is 63.8 Å². The highest BCUT2D eigenvalue weighted by atomic mass is 16.3. The molecule has 0 spiro atoms. The molecule has 0 heterocycles. The van der Waals surface area contributed by atoms with E-state index in [0.29, 0.717) is 22.3 Å². The van der Waals surface area contributed by atoms with Crippen LogP contribution in [0.2, 0.25) is 0 Å². The van der Waals surface area contributed by atoms with Gasteiger partial charge in [0.25, 0.3) is 0 Å². The van der Waals surface area contributed by atoms with Crippen LogP contribution in [-0.4, -0.2) is 34.1 Å². The zero-order valence-electron chi connectivity index (χ0n) is 26.4. The fourth-order valence-corrected chi connectivity index (χ4v) is 6.06. The Labute approximate surface area is 261 Å². The van der Waals surface area contributed by atoms with E-state index in [1.807, 2.05) is 163 Å². The topological polar surface area (TPSA) is 98.7 Å². The van der Waals surface area contributed by atoms with E-state index in [2.05, 4.69) is 10.6 Å². The Bertz CT molecular complexity index is 1330. The third kappa shape index (κ3) is 6.62. The minimum atomic E-state index is -1.66. The van der Waals surface area contributed by atoms with Crippen LogP contribution in [0, 0.1) is 10.8 Å². The number of benzene rings is 4. The number of nitrogens with one attached hydrogen (secondary N) is 2. The maximum atomic E-state index is 13.9. The molecule has 0 aliphatic carbocycles. The predicted octanol–water partition coefficient (Wildman–Crippen LogP) is 5.92. The van der Waals surface area contributed by atoms with Crippen molar-refractivity contribution in [1.29, 1.82) is 0 Å². The van der Waals surface area contributed by atoms with Gasteiger partial charge in [-0.1, -0.05) is 163 Å². The number of carbonyl (C=O) groups is 2. The minimum Gasteiger partial charge on any atom is -0.378 e. The van der Waals surface area contributed by atoms with Crippen molar-refractivity contribution < 1.29 is 19.8 Å². The average Bonchev–Trinajstić information content (AvgIpc) is 3.02.